The van der Waals surface area contributed by atoms with Crippen molar-refractivity contribution in [2.24, 2.45) is 10.2 Å². The number of azo groups is 1. The lowest BCUT2D eigenvalue weighted by Crippen LogP contribution is -2.16. The van der Waals surface area contributed by atoms with Crippen LogP contribution in [-0.2, 0) is 4.79 Å². The third kappa shape index (κ3) is 4.21. The molecule has 0 aliphatic rings. The molecule has 0 aromatic heterocycles. The number of benzene rings is 1. The van der Waals surface area contributed by atoms with Crippen molar-refractivity contribution in [1.29, 1.82) is 0 Å². The lowest BCUT2D eigenvalue weighted by atomic mass is 10.3. The number of allylic oxidation sites excluding steroid dienone is 2. The van der Waals surface area contributed by atoms with Crippen LogP contribution >= 0.6 is 23.2 Å². The second kappa shape index (κ2) is 6.23. The summed E-state index contributed by atoms with van der Waals surface area (Å²) in [5, 5.41) is 15.7. The fourth-order valence-corrected chi connectivity index (χ4v) is 1.41. The predicted molar refractivity (Wildman–Crippen MR) is 67.4 cm³/mol. The van der Waals surface area contributed by atoms with Crippen molar-refractivity contribution in [2.45, 2.75) is 13.1 Å². The van der Waals surface area contributed by atoms with E-state index in [-0.39, 0.29) is 15.7 Å². The molecule has 0 heterocycles. The average Bonchev–Trinajstić information content (AvgIpc) is 2.31. The number of carbonyl (C=O) groups excluding carboxylic acids is 1. The van der Waals surface area contributed by atoms with Crippen LogP contribution in [0.4, 0.5) is 18.9 Å². The van der Waals surface area contributed by atoms with E-state index in [0.29, 0.717) is 0 Å². The quantitative estimate of drug-likeness (QED) is 0.482. The van der Waals surface area contributed by atoms with Gasteiger partial charge in [-0.25, -0.2) is 0 Å². The van der Waals surface area contributed by atoms with E-state index in [0.717, 1.165) is 6.92 Å². The molecule has 1 rings (SSSR count). The molecule has 108 valence electrons. The summed E-state index contributed by atoms with van der Waals surface area (Å²) in [6.45, 7) is 0.815. The Labute approximate surface area is 121 Å². The molecule has 20 heavy (non-hydrogen) atoms. The molecular formula is C11H7Cl2F3N2O2. The minimum atomic E-state index is -5.10. The molecular weight excluding hydrogens is 320 g/mol. The van der Waals surface area contributed by atoms with Crippen LogP contribution in [-0.4, -0.2) is 17.1 Å². The van der Waals surface area contributed by atoms with Gasteiger partial charge >= 0.3 is 6.18 Å². The summed E-state index contributed by atoms with van der Waals surface area (Å²) in [6, 6.07) is 4.05. The smallest absolute Gasteiger partial charge is 0.451 e. The number of aliphatic hydroxyl groups excluding tert-OH is 1. The standard InChI is InChI=1S/C11H7Cl2F3N2O2/c1-5(19)9(10(20)11(14,15)16)18-17-8-4-6(12)2-3-7(8)13/h2-4,20H,1H3. The molecule has 0 saturated carbocycles. The molecule has 1 aromatic rings. The van der Waals surface area contributed by atoms with Crippen molar-refractivity contribution in [2.75, 3.05) is 0 Å². The number of rotatable bonds is 3. The van der Waals surface area contributed by atoms with Crippen LogP contribution in [0, 0.1) is 0 Å². The molecule has 0 aliphatic heterocycles. The van der Waals surface area contributed by atoms with Crippen molar-refractivity contribution in [1.82, 2.24) is 0 Å². The van der Waals surface area contributed by atoms with Gasteiger partial charge in [-0.2, -0.15) is 13.2 Å². The van der Waals surface area contributed by atoms with E-state index < -0.39 is 23.4 Å². The first kappa shape index (κ1) is 16.5. The number of nitrogens with zero attached hydrogens (tertiary/aromatic N) is 2. The zero-order valence-electron chi connectivity index (χ0n) is 9.87. The Hall–Kier alpha value is -1.60. The van der Waals surface area contributed by atoms with Gasteiger partial charge in [0, 0.05) is 11.9 Å². The molecule has 0 atom stereocenters. The molecule has 0 amide bonds. The summed E-state index contributed by atoms with van der Waals surface area (Å²) >= 11 is 11.4. The summed E-state index contributed by atoms with van der Waals surface area (Å²) in [6.07, 6.45) is -5.10. The zero-order valence-corrected chi connectivity index (χ0v) is 11.4. The van der Waals surface area contributed by atoms with Crippen molar-refractivity contribution in [3.63, 3.8) is 0 Å². The van der Waals surface area contributed by atoms with Crippen LogP contribution < -0.4 is 0 Å². The Kier molecular flexibility index (Phi) is 5.13. The second-order valence-electron chi connectivity index (χ2n) is 3.55. The van der Waals surface area contributed by atoms with Gasteiger partial charge in [-0.1, -0.05) is 23.2 Å². The van der Waals surface area contributed by atoms with E-state index in [1.165, 1.54) is 18.2 Å². The summed E-state index contributed by atoms with van der Waals surface area (Å²) in [5.74, 6) is -3.21. The average molecular weight is 327 g/mol. The number of aliphatic hydroxyl groups is 1. The lowest BCUT2D eigenvalue weighted by Gasteiger charge is -2.06. The van der Waals surface area contributed by atoms with E-state index in [2.05, 4.69) is 10.2 Å². The molecule has 0 bridgehead atoms. The highest BCUT2D eigenvalue weighted by Crippen LogP contribution is 2.31. The van der Waals surface area contributed by atoms with Gasteiger partial charge in [0.15, 0.2) is 11.5 Å². The van der Waals surface area contributed by atoms with E-state index in [9.17, 15) is 18.0 Å². The van der Waals surface area contributed by atoms with Gasteiger partial charge in [0.1, 0.15) is 5.69 Å². The van der Waals surface area contributed by atoms with Crippen LogP contribution in [0.2, 0.25) is 10.0 Å². The van der Waals surface area contributed by atoms with Crippen LogP contribution in [0.1, 0.15) is 6.92 Å². The number of carbonyl (C=O) groups is 1. The normalized spacial score (nSPS) is 13.5. The molecule has 0 fully saturated rings. The fourth-order valence-electron chi connectivity index (χ4n) is 1.09. The van der Waals surface area contributed by atoms with E-state index >= 15 is 0 Å². The van der Waals surface area contributed by atoms with Gasteiger partial charge in [0.05, 0.1) is 5.02 Å². The first-order valence-corrected chi connectivity index (χ1v) is 5.76. The predicted octanol–water partition coefficient (Wildman–Crippen LogP) is 5.00. The molecule has 0 radical (unpaired) electrons. The Bertz CT molecular complexity index is 598. The van der Waals surface area contributed by atoms with E-state index in [1.807, 2.05) is 0 Å². The molecule has 0 unspecified atom stereocenters. The number of Topliss-reactive ketones (excluding diaryl/α,β-unsaturated/α-hetero) is 1. The van der Waals surface area contributed by atoms with Crippen LogP contribution in [0.5, 0.6) is 0 Å². The van der Waals surface area contributed by atoms with E-state index in [4.69, 9.17) is 28.3 Å². The van der Waals surface area contributed by atoms with Crippen molar-refractivity contribution in [3.05, 3.63) is 39.7 Å². The minimum absolute atomic E-state index is 0.0344. The van der Waals surface area contributed by atoms with Gasteiger partial charge in [-0.3, -0.25) is 4.79 Å². The monoisotopic (exact) mass is 326 g/mol. The largest absolute Gasteiger partial charge is 0.503 e. The summed E-state index contributed by atoms with van der Waals surface area (Å²) in [7, 11) is 0. The third-order valence-electron chi connectivity index (χ3n) is 1.99. The van der Waals surface area contributed by atoms with Crippen molar-refractivity contribution >= 4 is 34.7 Å². The van der Waals surface area contributed by atoms with E-state index in [1.54, 1.807) is 0 Å². The van der Waals surface area contributed by atoms with Crippen LogP contribution in [0.15, 0.2) is 39.9 Å². The van der Waals surface area contributed by atoms with Crippen LogP contribution in [0.25, 0.3) is 0 Å². The molecule has 1 N–H and O–H groups in total. The number of hydrogen-bond acceptors (Lipinski definition) is 4. The van der Waals surface area contributed by atoms with Gasteiger partial charge in [0.2, 0.25) is 5.76 Å². The van der Waals surface area contributed by atoms with Gasteiger partial charge in [-0.05, 0) is 18.2 Å². The summed E-state index contributed by atoms with van der Waals surface area (Å²) in [5.41, 5.74) is -1.25. The second-order valence-corrected chi connectivity index (χ2v) is 4.39. The first-order valence-electron chi connectivity index (χ1n) is 5.01. The fraction of sp³-hybridized carbons (Fsp3) is 0.182. The Balaban J connectivity index is 3.25. The molecule has 0 saturated heterocycles. The number of halogens is 5. The topological polar surface area (TPSA) is 62.0 Å². The zero-order chi connectivity index (χ0) is 15.5. The van der Waals surface area contributed by atoms with Crippen LogP contribution in [0.3, 0.4) is 0 Å². The SMILES string of the molecule is CC(=O)C(N=Nc1cc(Cl)ccc1Cl)=C(O)C(F)(F)F. The maximum Gasteiger partial charge on any atom is 0.451 e. The molecule has 4 nitrogen and oxygen atoms in total. The van der Waals surface area contributed by atoms with Crippen molar-refractivity contribution in [3.8, 4) is 0 Å². The van der Waals surface area contributed by atoms with Gasteiger partial charge < -0.3 is 5.11 Å². The molecule has 0 aliphatic carbocycles. The summed E-state index contributed by atoms with van der Waals surface area (Å²) < 4.78 is 37.0. The molecule has 1 aromatic carbocycles. The van der Waals surface area contributed by atoms with Gasteiger partial charge in [-0.15, -0.1) is 10.2 Å². The lowest BCUT2D eigenvalue weighted by molar-refractivity contribution is -0.126. The highest BCUT2D eigenvalue weighted by atomic mass is 35.5. The summed E-state index contributed by atoms with van der Waals surface area (Å²) in [4.78, 5) is 11.1. The molecule has 0 spiro atoms. The highest BCUT2D eigenvalue weighted by molar-refractivity contribution is 6.35. The first-order chi connectivity index (χ1) is 9.12. The van der Waals surface area contributed by atoms with Crippen molar-refractivity contribution < 1.29 is 23.1 Å². The Morgan fingerprint density at radius 3 is 2.40 bits per heavy atom. The maximum absolute atomic E-state index is 12.3. The maximum atomic E-state index is 12.3. The minimum Gasteiger partial charge on any atom is -0.503 e. The Morgan fingerprint density at radius 2 is 1.90 bits per heavy atom. The number of alkyl halides is 3. The highest BCUT2D eigenvalue weighted by Gasteiger charge is 2.38. The Morgan fingerprint density at radius 1 is 1.30 bits per heavy atom. The molecule has 9 heteroatoms. The number of hydrogen-bond donors (Lipinski definition) is 1. The number of ketones is 1. The van der Waals surface area contributed by atoms with Gasteiger partial charge in [0.25, 0.3) is 0 Å². The third-order valence-corrected chi connectivity index (χ3v) is 2.55.